The Kier molecular flexibility index (Phi) is 4.30. The van der Waals surface area contributed by atoms with Gasteiger partial charge in [-0.3, -0.25) is 4.79 Å². The van der Waals surface area contributed by atoms with Crippen LogP contribution in [0.3, 0.4) is 0 Å². The summed E-state index contributed by atoms with van der Waals surface area (Å²) >= 11 is 0. The number of carbonyl (C=O) groups is 1. The van der Waals surface area contributed by atoms with Crippen molar-refractivity contribution in [2.75, 3.05) is 0 Å². The van der Waals surface area contributed by atoms with E-state index in [9.17, 15) is 22.4 Å². The van der Waals surface area contributed by atoms with Crippen LogP contribution in [-0.2, 0) is 11.2 Å². The number of nitrogens with zero attached hydrogens (tertiary/aromatic N) is 1. The van der Waals surface area contributed by atoms with Gasteiger partial charge < -0.3 is 9.84 Å². The topological polar surface area (TPSA) is 59.4 Å². The van der Waals surface area contributed by atoms with Gasteiger partial charge in [0.2, 0.25) is 5.95 Å². The second kappa shape index (κ2) is 6.00. The molecule has 22 heavy (non-hydrogen) atoms. The Morgan fingerprint density at radius 3 is 2.59 bits per heavy atom. The molecule has 0 bridgehead atoms. The average Bonchev–Trinajstić information content (AvgIpc) is 2.35. The van der Waals surface area contributed by atoms with Crippen LogP contribution in [0.2, 0.25) is 0 Å². The highest BCUT2D eigenvalue weighted by atomic mass is 19.4. The molecule has 1 aromatic carbocycles. The SMILES string of the molecule is O=C(O)Cc1cc(F)nc(-c2cccc(OC(F)(F)F)c2)c1. The molecule has 0 amide bonds. The van der Waals surface area contributed by atoms with Gasteiger partial charge in [0.25, 0.3) is 0 Å². The Morgan fingerprint density at radius 1 is 1.23 bits per heavy atom. The lowest BCUT2D eigenvalue weighted by atomic mass is 10.1. The molecule has 0 saturated carbocycles. The Hall–Kier alpha value is -2.64. The van der Waals surface area contributed by atoms with E-state index in [0.717, 1.165) is 18.2 Å². The lowest BCUT2D eigenvalue weighted by Gasteiger charge is -2.10. The number of benzene rings is 1. The second-order valence-corrected chi connectivity index (χ2v) is 4.33. The van der Waals surface area contributed by atoms with Crippen molar-refractivity contribution < 1.29 is 32.2 Å². The minimum Gasteiger partial charge on any atom is -0.481 e. The number of hydrogen-bond acceptors (Lipinski definition) is 3. The summed E-state index contributed by atoms with van der Waals surface area (Å²) in [5, 5.41) is 8.70. The van der Waals surface area contributed by atoms with Crippen LogP contribution in [0.4, 0.5) is 17.6 Å². The summed E-state index contributed by atoms with van der Waals surface area (Å²) in [6.45, 7) is 0. The Labute approximate surface area is 122 Å². The van der Waals surface area contributed by atoms with E-state index in [1.54, 1.807) is 0 Å². The third-order valence-electron chi connectivity index (χ3n) is 2.57. The molecule has 0 aliphatic carbocycles. The molecule has 8 heteroatoms. The van der Waals surface area contributed by atoms with Crippen LogP contribution in [0.25, 0.3) is 11.3 Å². The fraction of sp³-hybridized carbons (Fsp3) is 0.143. The monoisotopic (exact) mass is 315 g/mol. The lowest BCUT2D eigenvalue weighted by Crippen LogP contribution is -2.17. The molecule has 0 fully saturated rings. The van der Waals surface area contributed by atoms with Gasteiger partial charge in [-0.15, -0.1) is 13.2 Å². The van der Waals surface area contributed by atoms with Crippen LogP contribution >= 0.6 is 0 Å². The summed E-state index contributed by atoms with van der Waals surface area (Å²) in [7, 11) is 0. The van der Waals surface area contributed by atoms with Crippen LogP contribution < -0.4 is 4.74 Å². The van der Waals surface area contributed by atoms with Crippen LogP contribution in [0.1, 0.15) is 5.56 Å². The molecule has 2 aromatic rings. The van der Waals surface area contributed by atoms with Crippen molar-refractivity contribution in [1.82, 2.24) is 4.98 Å². The summed E-state index contributed by atoms with van der Waals surface area (Å²) in [5.41, 5.74) is 0.342. The first-order valence-corrected chi connectivity index (χ1v) is 5.97. The number of halogens is 4. The predicted octanol–water partition coefficient (Wildman–Crippen LogP) is 3.41. The average molecular weight is 315 g/mol. The number of aromatic nitrogens is 1. The molecule has 116 valence electrons. The van der Waals surface area contributed by atoms with E-state index in [-0.39, 0.29) is 16.8 Å². The van der Waals surface area contributed by atoms with Gasteiger partial charge in [-0.1, -0.05) is 12.1 Å². The third kappa shape index (κ3) is 4.44. The number of alkyl halides is 3. The van der Waals surface area contributed by atoms with Gasteiger partial charge in [-0.2, -0.15) is 4.39 Å². The van der Waals surface area contributed by atoms with E-state index in [4.69, 9.17) is 5.11 Å². The van der Waals surface area contributed by atoms with Gasteiger partial charge in [0.15, 0.2) is 0 Å². The van der Waals surface area contributed by atoms with Crippen molar-refractivity contribution in [2.24, 2.45) is 0 Å². The normalized spacial score (nSPS) is 11.3. The number of aliphatic carboxylic acids is 1. The Balaban J connectivity index is 2.37. The van der Waals surface area contributed by atoms with Crippen LogP contribution in [0.5, 0.6) is 5.75 Å². The predicted molar refractivity (Wildman–Crippen MR) is 67.7 cm³/mol. The Morgan fingerprint density at radius 2 is 1.95 bits per heavy atom. The maximum Gasteiger partial charge on any atom is 0.573 e. The minimum absolute atomic E-state index is 0.0175. The molecule has 0 saturated heterocycles. The van der Waals surface area contributed by atoms with Gasteiger partial charge in [0.1, 0.15) is 5.75 Å². The van der Waals surface area contributed by atoms with E-state index in [1.807, 2.05) is 0 Å². The van der Waals surface area contributed by atoms with Gasteiger partial charge in [-0.25, -0.2) is 4.98 Å². The molecular formula is C14H9F4NO3. The zero-order valence-electron chi connectivity index (χ0n) is 10.9. The smallest absolute Gasteiger partial charge is 0.481 e. The molecule has 0 spiro atoms. The van der Waals surface area contributed by atoms with Crippen molar-refractivity contribution >= 4 is 5.97 Å². The molecule has 4 nitrogen and oxygen atoms in total. The van der Waals surface area contributed by atoms with Crippen molar-refractivity contribution in [1.29, 1.82) is 0 Å². The first kappa shape index (κ1) is 15.7. The highest BCUT2D eigenvalue weighted by Gasteiger charge is 2.31. The molecule has 0 aliphatic heterocycles. The van der Waals surface area contributed by atoms with Gasteiger partial charge in [0.05, 0.1) is 12.1 Å². The number of hydrogen-bond donors (Lipinski definition) is 1. The second-order valence-electron chi connectivity index (χ2n) is 4.33. The number of carboxylic acid groups (broad SMARTS) is 1. The van der Waals surface area contributed by atoms with Crippen LogP contribution in [-0.4, -0.2) is 22.4 Å². The minimum atomic E-state index is -4.84. The molecule has 1 heterocycles. The van der Waals surface area contributed by atoms with Crippen molar-refractivity contribution in [3.8, 4) is 17.0 Å². The maximum absolute atomic E-state index is 13.4. The first-order valence-electron chi connectivity index (χ1n) is 5.97. The van der Waals surface area contributed by atoms with E-state index >= 15 is 0 Å². The fourth-order valence-corrected chi connectivity index (χ4v) is 1.83. The van der Waals surface area contributed by atoms with Gasteiger partial charge >= 0.3 is 12.3 Å². The maximum atomic E-state index is 13.4. The standard InChI is InChI=1S/C14H9F4NO3/c15-12-5-8(6-13(20)21)4-11(19-12)9-2-1-3-10(7-9)22-14(16,17)18/h1-5,7H,6H2,(H,20,21). The number of ether oxygens (including phenoxy) is 1. The van der Waals surface area contributed by atoms with Crippen LogP contribution in [0.15, 0.2) is 36.4 Å². The van der Waals surface area contributed by atoms with Crippen molar-refractivity contribution in [2.45, 2.75) is 12.8 Å². The first-order chi connectivity index (χ1) is 10.2. The number of rotatable bonds is 4. The van der Waals surface area contributed by atoms with E-state index in [2.05, 4.69) is 9.72 Å². The zero-order valence-corrected chi connectivity index (χ0v) is 10.9. The summed E-state index contributed by atoms with van der Waals surface area (Å²) in [6, 6.07) is 7.08. The molecule has 0 radical (unpaired) electrons. The molecule has 1 N–H and O–H groups in total. The van der Waals surface area contributed by atoms with Crippen LogP contribution in [0, 0.1) is 5.95 Å². The largest absolute Gasteiger partial charge is 0.573 e. The Bertz CT molecular complexity index is 701. The van der Waals surface area contributed by atoms with E-state index in [1.165, 1.54) is 18.2 Å². The summed E-state index contributed by atoms with van der Waals surface area (Å²) < 4.78 is 53.7. The lowest BCUT2D eigenvalue weighted by molar-refractivity contribution is -0.274. The molecule has 0 aliphatic rings. The highest BCUT2D eigenvalue weighted by molar-refractivity contribution is 5.71. The summed E-state index contributed by atoms with van der Waals surface area (Å²) in [4.78, 5) is 14.2. The number of pyridine rings is 1. The molecule has 2 rings (SSSR count). The molecule has 1 aromatic heterocycles. The van der Waals surface area contributed by atoms with Gasteiger partial charge in [-0.05, 0) is 29.8 Å². The van der Waals surface area contributed by atoms with Gasteiger partial charge in [0, 0.05) is 5.56 Å². The molecule has 0 unspecified atom stereocenters. The molecular weight excluding hydrogens is 306 g/mol. The van der Waals surface area contributed by atoms with Crippen molar-refractivity contribution in [3.63, 3.8) is 0 Å². The van der Waals surface area contributed by atoms with E-state index < -0.39 is 30.4 Å². The molecule has 0 atom stereocenters. The third-order valence-corrected chi connectivity index (χ3v) is 2.57. The highest BCUT2D eigenvalue weighted by Crippen LogP contribution is 2.27. The fourth-order valence-electron chi connectivity index (χ4n) is 1.83. The zero-order chi connectivity index (χ0) is 16.3. The quantitative estimate of drug-likeness (QED) is 0.694. The van der Waals surface area contributed by atoms with Crippen molar-refractivity contribution in [3.05, 3.63) is 47.9 Å². The van der Waals surface area contributed by atoms with E-state index in [0.29, 0.717) is 0 Å². The number of carboxylic acids is 1. The summed E-state index contributed by atoms with van der Waals surface area (Å²) in [5.74, 6) is -2.56. The summed E-state index contributed by atoms with van der Waals surface area (Å²) in [6.07, 6.45) is -5.27.